The second-order valence-electron chi connectivity index (χ2n) is 7.26. The van der Waals surface area contributed by atoms with Crippen LogP contribution in [0.3, 0.4) is 0 Å². The summed E-state index contributed by atoms with van der Waals surface area (Å²) >= 11 is 1.35. The molecule has 0 aliphatic carbocycles. The Bertz CT molecular complexity index is 1110. The maximum Gasteiger partial charge on any atom is 0.416 e. The quantitative estimate of drug-likeness (QED) is 0.271. The topological polar surface area (TPSA) is 67.3 Å². The number of nitrogens with one attached hydrogen (secondary N) is 1. The van der Waals surface area contributed by atoms with Crippen LogP contribution in [0.2, 0.25) is 0 Å². The Morgan fingerprint density at radius 3 is 2.39 bits per heavy atom. The van der Waals surface area contributed by atoms with Gasteiger partial charge in [0.2, 0.25) is 5.95 Å². The maximum absolute atomic E-state index is 13.1. The molecule has 3 rings (SSSR count). The number of methoxy groups -OCH3 is 1. The van der Waals surface area contributed by atoms with E-state index in [1.807, 2.05) is 30.3 Å². The highest BCUT2D eigenvalue weighted by Crippen LogP contribution is 2.32. The van der Waals surface area contributed by atoms with Gasteiger partial charge in [-0.05, 0) is 23.3 Å². The number of carbonyl (C=O) groups is 1. The Kier molecular flexibility index (Phi) is 7.80. The minimum atomic E-state index is -4.44. The molecule has 0 radical (unpaired) electrons. The molecule has 0 unspecified atom stereocenters. The smallest absolute Gasteiger partial charge is 0.416 e. The van der Waals surface area contributed by atoms with E-state index >= 15 is 0 Å². The van der Waals surface area contributed by atoms with E-state index in [0.29, 0.717) is 22.3 Å². The number of ether oxygens (including phenoxy) is 1. The standard InChI is InChI=1S/C23H23F3N4O2S/c1-30(2)22-28-19(27-13-16-10-7-11-17(12-16)23(24,25)26)18(21(31)32-3)20(29-22)33-14-15-8-5-4-6-9-15/h4-12H,13-14H2,1-3H3,(H,27,28,29). The minimum absolute atomic E-state index is 0.0284. The van der Waals surface area contributed by atoms with Gasteiger partial charge in [-0.1, -0.05) is 42.5 Å². The third-order valence-electron chi connectivity index (χ3n) is 4.59. The molecular formula is C23H23F3N4O2S. The highest BCUT2D eigenvalue weighted by molar-refractivity contribution is 7.98. The Morgan fingerprint density at radius 1 is 1.06 bits per heavy atom. The molecule has 0 aliphatic rings. The fraction of sp³-hybridized carbons (Fsp3) is 0.261. The normalized spacial score (nSPS) is 11.2. The molecule has 0 atom stereocenters. The summed E-state index contributed by atoms with van der Waals surface area (Å²) in [4.78, 5) is 23.2. The molecule has 174 valence electrons. The molecule has 0 fully saturated rings. The van der Waals surface area contributed by atoms with Crippen LogP contribution in [0.15, 0.2) is 59.6 Å². The molecule has 3 aromatic rings. The van der Waals surface area contributed by atoms with Crippen molar-refractivity contribution >= 4 is 29.5 Å². The van der Waals surface area contributed by atoms with Crippen molar-refractivity contribution in [3.8, 4) is 0 Å². The summed E-state index contributed by atoms with van der Waals surface area (Å²) in [6, 6.07) is 14.7. The van der Waals surface area contributed by atoms with E-state index in [1.54, 1.807) is 25.1 Å². The number of benzene rings is 2. The fourth-order valence-corrected chi connectivity index (χ4v) is 3.88. The van der Waals surface area contributed by atoms with Crippen molar-refractivity contribution in [3.05, 3.63) is 76.9 Å². The van der Waals surface area contributed by atoms with E-state index < -0.39 is 17.7 Å². The molecule has 0 amide bonds. The van der Waals surface area contributed by atoms with Crippen LogP contribution in [0.25, 0.3) is 0 Å². The van der Waals surface area contributed by atoms with Crippen molar-refractivity contribution in [3.63, 3.8) is 0 Å². The molecule has 2 aromatic carbocycles. The molecule has 0 spiro atoms. The van der Waals surface area contributed by atoms with E-state index in [2.05, 4.69) is 15.3 Å². The lowest BCUT2D eigenvalue weighted by atomic mass is 10.1. The summed E-state index contributed by atoms with van der Waals surface area (Å²) in [5.74, 6) is 0.461. The number of carbonyl (C=O) groups excluding carboxylic acids is 1. The first kappa shape index (κ1) is 24.4. The number of aromatic nitrogens is 2. The molecule has 0 aliphatic heterocycles. The predicted molar refractivity (Wildman–Crippen MR) is 122 cm³/mol. The van der Waals surface area contributed by atoms with Crippen molar-refractivity contribution in [2.75, 3.05) is 31.4 Å². The largest absolute Gasteiger partial charge is 0.465 e. The van der Waals surface area contributed by atoms with E-state index in [9.17, 15) is 18.0 Å². The first-order valence-electron chi connectivity index (χ1n) is 9.93. The molecule has 1 aromatic heterocycles. The zero-order valence-electron chi connectivity index (χ0n) is 18.3. The summed E-state index contributed by atoms with van der Waals surface area (Å²) in [6.45, 7) is 0.0284. The lowest BCUT2D eigenvalue weighted by Gasteiger charge is -2.18. The van der Waals surface area contributed by atoms with Gasteiger partial charge in [-0.3, -0.25) is 0 Å². The zero-order valence-corrected chi connectivity index (χ0v) is 19.1. The molecule has 0 saturated heterocycles. The number of hydrogen-bond donors (Lipinski definition) is 1. The third kappa shape index (κ3) is 6.38. The number of halogens is 3. The van der Waals surface area contributed by atoms with Crippen LogP contribution in [0.1, 0.15) is 27.0 Å². The predicted octanol–water partition coefficient (Wildman–Crippen LogP) is 5.25. The van der Waals surface area contributed by atoms with Gasteiger partial charge in [-0.2, -0.15) is 18.2 Å². The van der Waals surface area contributed by atoms with Crippen LogP contribution in [-0.2, 0) is 23.2 Å². The van der Waals surface area contributed by atoms with Crippen LogP contribution < -0.4 is 10.2 Å². The summed E-state index contributed by atoms with van der Waals surface area (Å²) in [5.41, 5.74) is 0.827. The second-order valence-corrected chi connectivity index (χ2v) is 8.23. The lowest BCUT2D eigenvalue weighted by molar-refractivity contribution is -0.137. The first-order valence-corrected chi connectivity index (χ1v) is 10.9. The molecule has 1 heterocycles. The molecule has 33 heavy (non-hydrogen) atoms. The summed E-state index contributed by atoms with van der Waals surface area (Å²) < 4.78 is 44.1. The third-order valence-corrected chi connectivity index (χ3v) is 5.63. The van der Waals surface area contributed by atoms with Gasteiger partial charge in [0.05, 0.1) is 12.7 Å². The Balaban J connectivity index is 1.95. The number of alkyl halides is 3. The van der Waals surface area contributed by atoms with Crippen LogP contribution in [0, 0.1) is 0 Å². The van der Waals surface area contributed by atoms with Crippen molar-refractivity contribution in [2.45, 2.75) is 23.5 Å². The Hall–Kier alpha value is -3.27. The molecule has 0 saturated carbocycles. The highest BCUT2D eigenvalue weighted by atomic mass is 32.2. The summed E-state index contributed by atoms with van der Waals surface area (Å²) in [6.07, 6.45) is -4.44. The van der Waals surface area contributed by atoms with E-state index in [0.717, 1.165) is 17.7 Å². The maximum atomic E-state index is 13.1. The highest BCUT2D eigenvalue weighted by Gasteiger charge is 2.30. The van der Waals surface area contributed by atoms with E-state index in [1.165, 1.54) is 24.9 Å². The van der Waals surface area contributed by atoms with Crippen LogP contribution in [-0.4, -0.2) is 37.1 Å². The molecule has 1 N–H and O–H groups in total. The van der Waals surface area contributed by atoms with Crippen molar-refractivity contribution in [2.24, 2.45) is 0 Å². The number of thioether (sulfide) groups is 1. The number of rotatable bonds is 8. The van der Waals surface area contributed by atoms with Crippen molar-refractivity contribution in [1.29, 1.82) is 0 Å². The first-order chi connectivity index (χ1) is 15.7. The lowest BCUT2D eigenvalue weighted by Crippen LogP contribution is -2.19. The summed E-state index contributed by atoms with van der Waals surface area (Å²) in [7, 11) is 4.77. The van der Waals surface area contributed by atoms with Crippen LogP contribution in [0.4, 0.5) is 24.9 Å². The molecule has 6 nitrogen and oxygen atoms in total. The van der Waals surface area contributed by atoms with Gasteiger partial charge in [0.25, 0.3) is 0 Å². The van der Waals surface area contributed by atoms with Gasteiger partial charge in [-0.15, -0.1) is 11.8 Å². The molecular weight excluding hydrogens is 453 g/mol. The SMILES string of the molecule is COC(=O)c1c(NCc2cccc(C(F)(F)F)c2)nc(N(C)C)nc1SCc1ccccc1. The molecule has 0 bridgehead atoms. The van der Waals surface area contributed by atoms with Gasteiger partial charge in [0, 0.05) is 26.4 Å². The minimum Gasteiger partial charge on any atom is -0.465 e. The van der Waals surface area contributed by atoms with E-state index in [4.69, 9.17) is 4.74 Å². The summed E-state index contributed by atoms with van der Waals surface area (Å²) in [5, 5.41) is 3.41. The Morgan fingerprint density at radius 2 is 1.76 bits per heavy atom. The average molecular weight is 477 g/mol. The van der Waals surface area contributed by atoms with E-state index in [-0.39, 0.29) is 17.9 Å². The van der Waals surface area contributed by atoms with Gasteiger partial charge in [-0.25, -0.2) is 9.78 Å². The van der Waals surface area contributed by atoms with Gasteiger partial charge < -0.3 is 15.0 Å². The number of anilines is 2. The fourth-order valence-electron chi connectivity index (χ4n) is 2.92. The van der Waals surface area contributed by atoms with Crippen LogP contribution >= 0.6 is 11.8 Å². The van der Waals surface area contributed by atoms with Crippen molar-refractivity contribution in [1.82, 2.24) is 9.97 Å². The monoisotopic (exact) mass is 476 g/mol. The Labute approximate surface area is 194 Å². The number of esters is 1. The van der Waals surface area contributed by atoms with Gasteiger partial charge in [0.1, 0.15) is 16.4 Å². The van der Waals surface area contributed by atoms with Gasteiger partial charge >= 0.3 is 12.1 Å². The van der Waals surface area contributed by atoms with Crippen LogP contribution in [0.5, 0.6) is 0 Å². The van der Waals surface area contributed by atoms with Gasteiger partial charge in [0.15, 0.2) is 0 Å². The average Bonchev–Trinajstić information content (AvgIpc) is 2.80. The van der Waals surface area contributed by atoms with Crippen molar-refractivity contribution < 1.29 is 22.7 Å². The number of hydrogen-bond acceptors (Lipinski definition) is 7. The number of nitrogens with zero attached hydrogens (tertiary/aromatic N) is 3. The zero-order chi connectivity index (χ0) is 24.0. The molecule has 10 heteroatoms. The second kappa shape index (κ2) is 10.6.